The van der Waals surface area contributed by atoms with Gasteiger partial charge in [0.15, 0.2) is 0 Å². The zero-order valence-corrected chi connectivity index (χ0v) is 20.4. The van der Waals surface area contributed by atoms with Crippen molar-refractivity contribution >= 4 is 17.7 Å². The lowest BCUT2D eigenvalue weighted by atomic mass is 9.72. The quantitative estimate of drug-likeness (QED) is 0.413. The number of carbonyl (C=O) groups excluding carboxylic acids is 1. The van der Waals surface area contributed by atoms with Gasteiger partial charge >= 0.3 is 12.3 Å². The molecule has 35 heavy (non-hydrogen) atoms. The van der Waals surface area contributed by atoms with Crippen LogP contribution in [0.3, 0.4) is 0 Å². The smallest absolute Gasteiger partial charge is 0.416 e. The molecule has 6 nitrogen and oxygen atoms in total. The van der Waals surface area contributed by atoms with Crippen molar-refractivity contribution in [3.8, 4) is 16.9 Å². The first-order valence-corrected chi connectivity index (χ1v) is 11.8. The number of carbonyl (C=O) groups is 1. The second kappa shape index (κ2) is 11.5. The van der Waals surface area contributed by atoms with E-state index in [1.165, 1.54) is 20.3 Å². The topological polar surface area (TPSA) is 79.8 Å². The molecule has 0 spiro atoms. The van der Waals surface area contributed by atoms with Gasteiger partial charge in [-0.2, -0.15) is 13.2 Å². The van der Waals surface area contributed by atoms with E-state index < -0.39 is 23.4 Å². The number of piperidine rings is 1. The van der Waals surface area contributed by atoms with E-state index in [0.717, 1.165) is 31.5 Å². The molecule has 192 valence electrons. The molecule has 1 unspecified atom stereocenters. The fraction of sp³-hybridized carbons (Fsp3) is 0.480. The maximum absolute atomic E-state index is 13.6. The van der Waals surface area contributed by atoms with Gasteiger partial charge in [-0.15, -0.1) is 0 Å². The van der Waals surface area contributed by atoms with Crippen LogP contribution < -0.4 is 15.4 Å². The Balaban J connectivity index is 2.12. The van der Waals surface area contributed by atoms with Crippen LogP contribution >= 0.6 is 11.6 Å². The number of ether oxygens (including phenoxy) is 2. The number of rotatable bonds is 8. The van der Waals surface area contributed by atoms with E-state index in [9.17, 15) is 23.1 Å². The van der Waals surface area contributed by atoms with Crippen molar-refractivity contribution in [3.63, 3.8) is 0 Å². The lowest BCUT2D eigenvalue weighted by Gasteiger charge is -2.41. The van der Waals surface area contributed by atoms with Crippen molar-refractivity contribution in [2.45, 2.75) is 37.5 Å². The largest absolute Gasteiger partial charge is 0.496 e. The van der Waals surface area contributed by atoms with Gasteiger partial charge in [0.2, 0.25) is 0 Å². The van der Waals surface area contributed by atoms with E-state index in [0.29, 0.717) is 24.1 Å². The summed E-state index contributed by atoms with van der Waals surface area (Å²) < 4.78 is 50.7. The van der Waals surface area contributed by atoms with E-state index in [1.807, 2.05) is 0 Å². The molecule has 3 N–H and O–H groups in total. The van der Waals surface area contributed by atoms with Gasteiger partial charge in [-0.1, -0.05) is 23.7 Å². The van der Waals surface area contributed by atoms with Gasteiger partial charge in [-0.3, -0.25) is 0 Å². The summed E-state index contributed by atoms with van der Waals surface area (Å²) in [5.74, 6) is -0.00721. The molecule has 2 atom stereocenters. The SMILES string of the molecule is COC(=O)NCCCC(O)(c1cccc(Cl)c1-c1cc(C(F)(F)F)ccc1OC)[C@@H]1CCCNC1. The average molecular weight is 515 g/mol. The molecular formula is C25H30ClF3N2O4. The standard InChI is InChI=1S/C25H30ClF3N2O4/c1-34-21-10-9-16(25(27,28)29)14-18(21)22-19(7-3-8-20(22)26)24(33,17-6-4-12-30-15-17)11-5-13-31-23(32)35-2/h3,7-10,14,17,30,33H,4-6,11-13,15H2,1-2H3,(H,31,32)/t17-,24?/m1/s1. The molecule has 0 radical (unpaired) electrons. The third-order valence-corrected chi connectivity index (χ3v) is 6.75. The van der Waals surface area contributed by atoms with E-state index in [-0.39, 0.29) is 35.2 Å². The maximum atomic E-state index is 13.6. The molecule has 1 fully saturated rings. The van der Waals surface area contributed by atoms with Gasteiger partial charge in [0.25, 0.3) is 0 Å². The fourth-order valence-electron chi connectivity index (χ4n) is 4.68. The number of hydrogen-bond acceptors (Lipinski definition) is 5. The molecule has 3 rings (SSSR count). The second-order valence-corrected chi connectivity index (χ2v) is 8.97. The van der Waals surface area contributed by atoms with Crippen LogP contribution in [0.25, 0.3) is 11.1 Å². The highest BCUT2D eigenvalue weighted by molar-refractivity contribution is 6.33. The Bertz CT molecular complexity index is 1030. The number of aliphatic hydroxyl groups is 1. The molecule has 0 bridgehead atoms. The van der Waals surface area contributed by atoms with Gasteiger partial charge in [0, 0.05) is 35.2 Å². The molecular weight excluding hydrogens is 485 g/mol. The first-order chi connectivity index (χ1) is 16.6. The normalized spacial score (nSPS) is 18.0. The third-order valence-electron chi connectivity index (χ3n) is 6.44. The Labute approximate surface area is 207 Å². The summed E-state index contributed by atoms with van der Waals surface area (Å²) in [6.07, 6.45) is -2.92. The lowest BCUT2D eigenvalue weighted by Crippen LogP contribution is -2.45. The van der Waals surface area contributed by atoms with Crippen molar-refractivity contribution < 1.29 is 32.5 Å². The zero-order valence-electron chi connectivity index (χ0n) is 19.7. The molecule has 1 aliphatic rings. The first kappa shape index (κ1) is 27.1. The van der Waals surface area contributed by atoms with Crippen molar-refractivity contribution in [1.29, 1.82) is 0 Å². The third kappa shape index (κ3) is 6.20. The van der Waals surface area contributed by atoms with Gasteiger partial charge in [0.05, 0.1) is 25.4 Å². The highest BCUT2D eigenvalue weighted by Gasteiger charge is 2.41. The molecule has 2 aromatic rings. The molecule has 0 aliphatic carbocycles. The molecule has 10 heteroatoms. The Morgan fingerprint density at radius 2 is 2.03 bits per heavy atom. The van der Waals surface area contributed by atoms with Crippen LogP contribution in [0.4, 0.5) is 18.0 Å². The summed E-state index contributed by atoms with van der Waals surface area (Å²) in [6.45, 7) is 1.62. The summed E-state index contributed by atoms with van der Waals surface area (Å²) >= 11 is 6.59. The van der Waals surface area contributed by atoms with E-state index in [4.69, 9.17) is 16.3 Å². The summed E-state index contributed by atoms with van der Waals surface area (Å²) in [5.41, 5.74) is -1.40. The highest BCUT2D eigenvalue weighted by Crippen LogP contribution is 2.47. The predicted molar refractivity (Wildman–Crippen MR) is 128 cm³/mol. The Morgan fingerprint density at radius 3 is 2.66 bits per heavy atom. The molecule has 1 aliphatic heterocycles. The number of hydrogen-bond donors (Lipinski definition) is 3. The monoisotopic (exact) mass is 514 g/mol. The number of amides is 1. The van der Waals surface area contributed by atoms with Crippen LogP contribution in [0.2, 0.25) is 5.02 Å². The average Bonchev–Trinajstić information content (AvgIpc) is 2.85. The van der Waals surface area contributed by atoms with Gasteiger partial charge in [0.1, 0.15) is 5.75 Å². The molecule has 2 aromatic carbocycles. The zero-order chi connectivity index (χ0) is 25.6. The van der Waals surface area contributed by atoms with E-state index >= 15 is 0 Å². The van der Waals surface area contributed by atoms with E-state index in [2.05, 4.69) is 15.4 Å². The maximum Gasteiger partial charge on any atom is 0.416 e. The van der Waals surface area contributed by atoms with Gasteiger partial charge in [-0.05, 0) is 62.1 Å². The highest BCUT2D eigenvalue weighted by atomic mass is 35.5. The number of methoxy groups -OCH3 is 2. The molecule has 0 aromatic heterocycles. The number of benzene rings is 2. The summed E-state index contributed by atoms with van der Waals surface area (Å²) in [5, 5.41) is 18.3. The lowest BCUT2D eigenvalue weighted by molar-refractivity contribution is -0.137. The minimum absolute atomic E-state index is 0.151. The van der Waals surface area contributed by atoms with Crippen LogP contribution in [-0.2, 0) is 16.5 Å². The number of nitrogens with one attached hydrogen (secondary N) is 2. The minimum atomic E-state index is -4.56. The van der Waals surface area contributed by atoms with Crippen LogP contribution in [-0.4, -0.2) is 45.1 Å². The fourth-order valence-corrected chi connectivity index (χ4v) is 4.95. The van der Waals surface area contributed by atoms with Crippen LogP contribution in [0.15, 0.2) is 36.4 Å². The Morgan fingerprint density at radius 1 is 1.26 bits per heavy atom. The summed E-state index contributed by atoms with van der Waals surface area (Å²) in [7, 11) is 2.64. The summed E-state index contributed by atoms with van der Waals surface area (Å²) in [6, 6.07) is 8.17. The van der Waals surface area contributed by atoms with Crippen LogP contribution in [0, 0.1) is 5.92 Å². The molecule has 0 saturated carbocycles. The predicted octanol–water partition coefficient (Wildman–Crippen LogP) is 5.36. The van der Waals surface area contributed by atoms with Crippen LogP contribution in [0.5, 0.6) is 5.75 Å². The van der Waals surface area contributed by atoms with Crippen LogP contribution in [0.1, 0.15) is 36.8 Å². The number of alkyl halides is 3. The van der Waals surface area contributed by atoms with Crippen molar-refractivity contribution in [1.82, 2.24) is 10.6 Å². The summed E-state index contributed by atoms with van der Waals surface area (Å²) in [4.78, 5) is 11.4. The minimum Gasteiger partial charge on any atom is -0.496 e. The van der Waals surface area contributed by atoms with E-state index in [1.54, 1.807) is 18.2 Å². The first-order valence-electron chi connectivity index (χ1n) is 11.4. The Hall–Kier alpha value is -2.49. The van der Waals surface area contributed by atoms with Crippen molar-refractivity contribution in [2.24, 2.45) is 5.92 Å². The molecule has 1 saturated heterocycles. The van der Waals surface area contributed by atoms with Gasteiger partial charge < -0.3 is 25.2 Å². The molecule has 1 heterocycles. The second-order valence-electron chi connectivity index (χ2n) is 8.56. The number of alkyl carbamates (subject to hydrolysis) is 1. The van der Waals surface area contributed by atoms with Crippen molar-refractivity contribution in [3.05, 3.63) is 52.5 Å². The molecule has 1 amide bonds. The Kier molecular flexibility index (Phi) is 8.90. The van der Waals surface area contributed by atoms with Crippen molar-refractivity contribution in [2.75, 3.05) is 33.9 Å². The number of halogens is 4. The van der Waals surface area contributed by atoms with Gasteiger partial charge in [-0.25, -0.2) is 4.79 Å².